The summed E-state index contributed by atoms with van der Waals surface area (Å²) in [6.07, 6.45) is 29.7. The van der Waals surface area contributed by atoms with Crippen LogP contribution in [0.4, 0.5) is 0 Å². The Morgan fingerprint density at radius 3 is 1.24 bits per heavy atom. The van der Waals surface area contributed by atoms with E-state index in [2.05, 4.69) is 13.8 Å². The van der Waals surface area contributed by atoms with Crippen LogP contribution in [0.25, 0.3) is 0 Å². The minimum atomic E-state index is -1.59. The molecule has 1 unspecified atom stereocenters. The summed E-state index contributed by atoms with van der Waals surface area (Å²) < 4.78 is 22.2. The van der Waals surface area contributed by atoms with Gasteiger partial charge in [-0.1, -0.05) is 194 Å². The first-order chi connectivity index (χ1) is 26.8. The molecular formula is C45H86O10. The molecule has 0 radical (unpaired) electrons. The number of esters is 2. The minimum Gasteiger partial charge on any atom is -0.462 e. The molecule has 0 aromatic carbocycles. The number of aliphatic hydroxyl groups excluding tert-OH is 4. The molecule has 1 aliphatic heterocycles. The summed E-state index contributed by atoms with van der Waals surface area (Å²) >= 11 is 0. The van der Waals surface area contributed by atoms with Crippen LogP contribution in [0, 0.1) is 0 Å². The maximum atomic E-state index is 12.7. The van der Waals surface area contributed by atoms with Gasteiger partial charge in [-0.25, -0.2) is 0 Å². The van der Waals surface area contributed by atoms with Gasteiger partial charge in [0.1, 0.15) is 31.0 Å². The van der Waals surface area contributed by atoms with Crippen molar-refractivity contribution in [2.45, 2.75) is 256 Å². The zero-order valence-corrected chi connectivity index (χ0v) is 35.5. The maximum Gasteiger partial charge on any atom is 0.306 e. The smallest absolute Gasteiger partial charge is 0.306 e. The molecule has 1 aliphatic rings. The van der Waals surface area contributed by atoms with E-state index in [1.807, 2.05) is 0 Å². The van der Waals surface area contributed by atoms with E-state index in [0.29, 0.717) is 6.42 Å². The summed E-state index contributed by atoms with van der Waals surface area (Å²) in [6.45, 7) is 3.44. The van der Waals surface area contributed by atoms with Gasteiger partial charge in [-0.3, -0.25) is 9.59 Å². The molecule has 6 atom stereocenters. The summed E-state index contributed by atoms with van der Waals surface area (Å²) in [4.78, 5) is 25.3. The van der Waals surface area contributed by atoms with E-state index in [0.717, 1.165) is 38.5 Å². The fraction of sp³-hybridized carbons (Fsp3) is 0.956. The van der Waals surface area contributed by atoms with Gasteiger partial charge in [-0.05, 0) is 12.8 Å². The van der Waals surface area contributed by atoms with Gasteiger partial charge in [-0.15, -0.1) is 0 Å². The lowest BCUT2D eigenvalue weighted by Crippen LogP contribution is -2.59. The number of carbonyl (C=O) groups is 2. The molecule has 0 aromatic heterocycles. The van der Waals surface area contributed by atoms with Crippen molar-refractivity contribution in [2.24, 2.45) is 0 Å². The highest BCUT2D eigenvalue weighted by Crippen LogP contribution is 2.23. The standard InChI is InChI=1S/C45H86O10/c1-3-5-7-9-11-13-15-16-17-18-19-20-21-22-24-25-27-29-31-33-40(47)52-36-38(37-53-45-44(51)43(50)42(49)39(35-46)55-45)54-41(48)34-32-30-28-26-23-14-12-10-8-6-4-2/h38-39,42-46,49-51H,3-37H2,1-2H3/t38?,39-,42+,43+,44-,45-/m1/s1. The van der Waals surface area contributed by atoms with E-state index in [1.165, 1.54) is 148 Å². The third kappa shape index (κ3) is 28.7. The van der Waals surface area contributed by atoms with Gasteiger partial charge in [0.05, 0.1) is 13.2 Å². The molecular weight excluding hydrogens is 700 g/mol. The summed E-state index contributed by atoms with van der Waals surface area (Å²) in [5.41, 5.74) is 0. The van der Waals surface area contributed by atoms with Crippen molar-refractivity contribution < 1.29 is 49.0 Å². The number of unbranched alkanes of at least 4 members (excludes halogenated alkanes) is 28. The Morgan fingerprint density at radius 2 is 0.855 bits per heavy atom. The number of aliphatic hydroxyl groups is 4. The van der Waals surface area contributed by atoms with Gasteiger partial charge in [0, 0.05) is 12.8 Å². The van der Waals surface area contributed by atoms with E-state index in [1.54, 1.807) is 0 Å². The van der Waals surface area contributed by atoms with Crippen molar-refractivity contribution in [1.82, 2.24) is 0 Å². The zero-order chi connectivity index (χ0) is 40.2. The number of hydrogen-bond acceptors (Lipinski definition) is 10. The van der Waals surface area contributed by atoms with Crippen LogP contribution in [-0.4, -0.2) is 89.0 Å². The molecule has 0 saturated carbocycles. The Bertz CT molecular complexity index is 871. The molecule has 4 N–H and O–H groups in total. The van der Waals surface area contributed by atoms with Crippen LogP contribution >= 0.6 is 0 Å². The fourth-order valence-electron chi connectivity index (χ4n) is 7.31. The van der Waals surface area contributed by atoms with Gasteiger partial charge < -0.3 is 39.4 Å². The lowest BCUT2D eigenvalue weighted by molar-refractivity contribution is -0.305. The largest absolute Gasteiger partial charge is 0.462 e. The number of hydrogen-bond donors (Lipinski definition) is 4. The van der Waals surface area contributed by atoms with Crippen LogP contribution in [0.5, 0.6) is 0 Å². The van der Waals surface area contributed by atoms with E-state index < -0.39 is 49.4 Å². The molecule has 0 aromatic rings. The maximum absolute atomic E-state index is 12.7. The minimum absolute atomic E-state index is 0.209. The van der Waals surface area contributed by atoms with Crippen LogP contribution < -0.4 is 0 Å². The van der Waals surface area contributed by atoms with Gasteiger partial charge >= 0.3 is 11.9 Å². The van der Waals surface area contributed by atoms with Crippen molar-refractivity contribution >= 4 is 11.9 Å². The zero-order valence-electron chi connectivity index (χ0n) is 35.5. The predicted octanol–water partition coefficient (Wildman–Crippen LogP) is 9.78. The van der Waals surface area contributed by atoms with Gasteiger partial charge in [0.15, 0.2) is 12.4 Å². The van der Waals surface area contributed by atoms with Crippen LogP contribution in [0.15, 0.2) is 0 Å². The normalized spacial score (nSPS) is 20.4. The van der Waals surface area contributed by atoms with E-state index in [-0.39, 0.29) is 32.0 Å². The Morgan fingerprint density at radius 1 is 0.491 bits per heavy atom. The number of ether oxygens (including phenoxy) is 4. The molecule has 326 valence electrons. The SMILES string of the molecule is CCCCCCCCCCCCCCCCCCCCCC(=O)OCC(CO[C@@H]1O[C@H](CO)[C@H](O)[C@H](O)[C@H]1O)OC(=O)CCCCCCCCCCCCC. The molecule has 55 heavy (non-hydrogen) atoms. The quantitative estimate of drug-likeness (QED) is 0.0350. The topological polar surface area (TPSA) is 152 Å². The average Bonchev–Trinajstić information content (AvgIpc) is 3.18. The highest BCUT2D eigenvalue weighted by atomic mass is 16.7. The Labute approximate surface area is 336 Å². The monoisotopic (exact) mass is 787 g/mol. The third-order valence-electron chi connectivity index (χ3n) is 11.0. The lowest BCUT2D eigenvalue weighted by Gasteiger charge is -2.39. The Kier molecular flexibility index (Phi) is 34.8. The lowest BCUT2D eigenvalue weighted by atomic mass is 9.99. The molecule has 0 amide bonds. The molecule has 1 saturated heterocycles. The summed E-state index contributed by atoms with van der Waals surface area (Å²) in [6, 6.07) is 0. The van der Waals surface area contributed by atoms with Crippen molar-refractivity contribution in [1.29, 1.82) is 0 Å². The predicted molar refractivity (Wildman–Crippen MR) is 220 cm³/mol. The Balaban J connectivity index is 2.26. The summed E-state index contributed by atoms with van der Waals surface area (Å²) in [5.74, 6) is -0.792. The molecule has 10 heteroatoms. The molecule has 10 nitrogen and oxygen atoms in total. The molecule has 0 spiro atoms. The van der Waals surface area contributed by atoms with Crippen LogP contribution in [-0.2, 0) is 28.5 Å². The molecule has 0 aliphatic carbocycles. The highest BCUT2D eigenvalue weighted by Gasteiger charge is 2.44. The number of rotatable bonds is 39. The van der Waals surface area contributed by atoms with Crippen molar-refractivity contribution in [3.63, 3.8) is 0 Å². The van der Waals surface area contributed by atoms with Gasteiger partial charge in [0.25, 0.3) is 0 Å². The summed E-state index contributed by atoms with van der Waals surface area (Å²) in [5, 5.41) is 40.0. The van der Waals surface area contributed by atoms with Gasteiger partial charge in [-0.2, -0.15) is 0 Å². The second kappa shape index (κ2) is 37.0. The molecule has 1 rings (SSSR count). The van der Waals surface area contributed by atoms with Crippen LogP contribution in [0.3, 0.4) is 0 Å². The first-order valence-electron chi connectivity index (χ1n) is 23.1. The highest BCUT2D eigenvalue weighted by molar-refractivity contribution is 5.70. The van der Waals surface area contributed by atoms with E-state index >= 15 is 0 Å². The third-order valence-corrected chi connectivity index (χ3v) is 11.0. The van der Waals surface area contributed by atoms with Crippen LogP contribution in [0.1, 0.15) is 219 Å². The van der Waals surface area contributed by atoms with E-state index in [4.69, 9.17) is 18.9 Å². The molecule has 1 heterocycles. The van der Waals surface area contributed by atoms with Gasteiger partial charge in [0.2, 0.25) is 0 Å². The van der Waals surface area contributed by atoms with Crippen molar-refractivity contribution in [3.8, 4) is 0 Å². The second-order valence-electron chi connectivity index (χ2n) is 16.2. The fourth-order valence-corrected chi connectivity index (χ4v) is 7.31. The summed E-state index contributed by atoms with van der Waals surface area (Å²) in [7, 11) is 0. The Hall–Kier alpha value is -1.30. The second-order valence-corrected chi connectivity index (χ2v) is 16.2. The van der Waals surface area contributed by atoms with Crippen molar-refractivity contribution in [2.75, 3.05) is 19.8 Å². The molecule has 1 fully saturated rings. The van der Waals surface area contributed by atoms with Crippen molar-refractivity contribution in [3.05, 3.63) is 0 Å². The number of carbonyl (C=O) groups excluding carboxylic acids is 2. The van der Waals surface area contributed by atoms with E-state index in [9.17, 15) is 30.0 Å². The first-order valence-corrected chi connectivity index (χ1v) is 23.1. The first kappa shape index (κ1) is 51.7. The van der Waals surface area contributed by atoms with Crippen LogP contribution in [0.2, 0.25) is 0 Å². The molecule has 0 bridgehead atoms. The average molecular weight is 787 g/mol.